The highest BCUT2D eigenvalue weighted by Gasteiger charge is 2.32. The summed E-state index contributed by atoms with van der Waals surface area (Å²) >= 11 is 3.31. The van der Waals surface area contributed by atoms with Crippen LogP contribution in [0.15, 0.2) is 22.9 Å². The maximum atomic E-state index is 12.3. The molecule has 1 aliphatic heterocycles. The number of amides is 1. The first-order valence-corrected chi connectivity index (χ1v) is 7.35. The number of morpholine rings is 1. The van der Waals surface area contributed by atoms with E-state index in [1.54, 1.807) is 11.1 Å². The topological polar surface area (TPSA) is 51.7 Å². The molecular formula is C14H19BrN2O3. The van der Waals surface area contributed by atoms with Gasteiger partial charge in [-0.05, 0) is 48.3 Å². The molecule has 0 bridgehead atoms. The van der Waals surface area contributed by atoms with Gasteiger partial charge in [0.2, 0.25) is 0 Å². The summed E-state index contributed by atoms with van der Waals surface area (Å²) in [5.41, 5.74) is 0.441. The number of aromatic nitrogens is 1. The molecule has 1 amide bonds. The molecule has 1 fully saturated rings. The Balaban J connectivity index is 2.16. The van der Waals surface area contributed by atoms with Crippen molar-refractivity contribution in [3.8, 4) is 0 Å². The van der Waals surface area contributed by atoms with Crippen LogP contribution in [0, 0.1) is 0 Å². The van der Waals surface area contributed by atoms with E-state index in [1.165, 1.54) is 0 Å². The summed E-state index contributed by atoms with van der Waals surface area (Å²) in [4.78, 5) is 18.2. The van der Waals surface area contributed by atoms with Gasteiger partial charge in [0.1, 0.15) is 10.2 Å². The van der Waals surface area contributed by atoms with Crippen molar-refractivity contribution < 1.29 is 14.3 Å². The van der Waals surface area contributed by atoms with E-state index in [0.717, 1.165) is 10.2 Å². The van der Waals surface area contributed by atoms with E-state index < -0.39 is 5.60 Å². The Bertz CT molecular complexity index is 470. The van der Waals surface area contributed by atoms with Crippen LogP contribution in [0.4, 0.5) is 4.79 Å². The normalized spacial score (nSPS) is 19.8. The predicted octanol–water partition coefficient (Wildman–Crippen LogP) is 3.15. The van der Waals surface area contributed by atoms with E-state index in [9.17, 15) is 4.79 Å². The third-order valence-corrected chi connectivity index (χ3v) is 3.36. The van der Waals surface area contributed by atoms with Crippen LogP contribution in [0.1, 0.15) is 32.4 Å². The van der Waals surface area contributed by atoms with Crippen LogP contribution in [-0.2, 0) is 9.47 Å². The van der Waals surface area contributed by atoms with Crippen LogP contribution in [0.3, 0.4) is 0 Å². The summed E-state index contributed by atoms with van der Waals surface area (Å²) in [6.07, 6.45) is 1.44. The summed E-state index contributed by atoms with van der Waals surface area (Å²) in [5, 5.41) is 0. The minimum absolute atomic E-state index is 0.154. The predicted molar refractivity (Wildman–Crippen MR) is 78.4 cm³/mol. The average molecular weight is 343 g/mol. The third kappa shape index (κ3) is 3.93. The fourth-order valence-electron chi connectivity index (χ4n) is 2.00. The zero-order chi connectivity index (χ0) is 14.8. The van der Waals surface area contributed by atoms with Crippen molar-refractivity contribution in [3.63, 3.8) is 0 Å². The summed E-state index contributed by atoms with van der Waals surface area (Å²) in [6, 6.07) is 3.64. The zero-order valence-electron chi connectivity index (χ0n) is 11.9. The van der Waals surface area contributed by atoms with Crippen molar-refractivity contribution in [1.29, 1.82) is 0 Å². The quantitative estimate of drug-likeness (QED) is 0.735. The highest BCUT2D eigenvalue weighted by atomic mass is 79.9. The monoisotopic (exact) mass is 342 g/mol. The average Bonchev–Trinajstić information content (AvgIpc) is 2.38. The van der Waals surface area contributed by atoms with Gasteiger partial charge in [0.05, 0.1) is 19.3 Å². The number of pyridine rings is 1. The molecular weight excluding hydrogens is 324 g/mol. The van der Waals surface area contributed by atoms with Gasteiger partial charge < -0.3 is 9.47 Å². The van der Waals surface area contributed by atoms with E-state index in [1.807, 2.05) is 32.9 Å². The molecule has 20 heavy (non-hydrogen) atoms. The van der Waals surface area contributed by atoms with Gasteiger partial charge in [0.15, 0.2) is 0 Å². The molecule has 0 radical (unpaired) electrons. The Labute approximate surface area is 127 Å². The molecule has 1 aromatic rings. The second-order valence-corrected chi connectivity index (χ2v) is 6.49. The lowest BCUT2D eigenvalue weighted by Gasteiger charge is -2.36. The van der Waals surface area contributed by atoms with Gasteiger partial charge in [-0.1, -0.05) is 6.07 Å². The summed E-state index contributed by atoms with van der Waals surface area (Å²) < 4.78 is 11.7. The number of carbonyl (C=O) groups excluding carboxylic acids is 1. The number of halogens is 1. The first-order valence-electron chi connectivity index (χ1n) is 6.55. The smallest absolute Gasteiger partial charge is 0.410 e. The molecule has 1 aromatic heterocycles. The summed E-state index contributed by atoms with van der Waals surface area (Å²) in [6.45, 7) is 7.10. The zero-order valence-corrected chi connectivity index (χ0v) is 13.5. The number of rotatable bonds is 1. The fraction of sp³-hybridized carbons (Fsp3) is 0.571. The van der Waals surface area contributed by atoms with Crippen molar-refractivity contribution in [3.05, 3.63) is 28.5 Å². The minimum atomic E-state index is -0.502. The number of carbonyl (C=O) groups is 1. The molecule has 110 valence electrons. The lowest BCUT2D eigenvalue weighted by atomic mass is 10.1. The van der Waals surface area contributed by atoms with Crippen LogP contribution in [0.5, 0.6) is 0 Å². The van der Waals surface area contributed by atoms with Crippen molar-refractivity contribution in [2.24, 2.45) is 0 Å². The summed E-state index contributed by atoms with van der Waals surface area (Å²) in [7, 11) is 0. The Morgan fingerprint density at radius 3 is 2.85 bits per heavy atom. The molecule has 2 heterocycles. The maximum absolute atomic E-state index is 12.3. The van der Waals surface area contributed by atoms with E-state index in [-0.39, 0.29) is 12.1 Å². The van der Waals surface area contributed by atoms with Crippen LogP contribution >= 0.6 is 15.9 Å². The fourth-order valence-corrected chi connectivity index (χ4v) is 2.24. The van der Waals surface area contributed by atoms with E-state index in [2.05, 4.69) is 20.9 Å². The molecule has 5 nitrogen and oxygen atoms in total. The van der Waals surface area contributed by atoms with Crippen molar-refractivity contribution in [1.82, 2.24) is 9.88 Å². The molecule has 0 aromatic carbocycles. The maximum Gasteiger partial charge on any atom is 0.410 e. The molecule has 0 spiro atoms. The minimum Gasteiger partial charge on any atom is -0.444 e. The number of hydrogen-bond acceptors (Lipinski definition) is 4. The summed E-state index contributed by atoms with van der Waals surface area (Å²) in [5.74, 6) is 0. The SMILES string of the molecule is CC(C)(C)OC(=O)N1CCOCC1c1ccc(Br)nc1. The number of hydrogen-bond donors (Lipinski definition) is 0. The standard InChI is InChI=1S/C14H19BrN2O3/c1-14(2,3)20-13(18)17-6-7-19-9-11(17)10-4-5-12(15)16-8-10/h4-5,8,11H,6-7,9H2,1-3H3. The Morgan fingerprint density at radius 2 is 2.25 bits per heavy atom. The van der Waals surface area contributed by atoms with Crippen LogP contribution < -0.4 is 0 Å². The lowest BCUT2D eigenvalue weighted by molar-refractivity contribution is -0.0331. The molecule has 1 atom stereocenters. The highest BCUT2D eigenvalue weighted by molar-refractivity contribution is 9.10. The van der Waals surface area contributed by atoms with E-state index >= 15 is 0 Å². The van der Waals surface area contributed by atoms with Gasteiger partial charge in [0, 0.05) is 12.7 Å². The lowest BCUT2D eigenvalue weighted by Crippen LogP contribution is -2.45. The first-order chi connectivity index (χ1) is 9.37. The molecule has 1 saturated heterocycles. The van der Waals surface area contributed by atoms with Crippen LogP contribution in [0.2, 0.25) is 0 Å². The molecule has 1 unspecified atom stereocenters. The second kappa shape index (κ2) is 6.10. The Morgan fingerprint density at radius 1 is 1.50 bits per heavy atom. The van der Waals surface area contributed by atoms with Gasteiger partial charge in [-0.3, -0.25) is 4.90 Å². The Hall–Kier alpha value is -1.14. The molecule has 1 aliphatic rings. The van der Waals surface area contributed by atoms with E-state index in [0.29, 0.717) is 19.8 Å². The van der Waals surface area contributed by atoms with Gasteiger partial charge >= 0.3 is 6.09 Å². The van der Waals surface area contributed by atoms with Gasteiger partial charge in [-0.25, -0.2) is 9.78 Å². The molecule has 0 N–H and O–H groups in total. The largest absolute Gasteiger partial charge is 0.444 e. The second-order valence-electron chi connectivity index (χ2n) is 5.68. The van der Waals surface area contributed by atoms with Gasteiger partial charge in [-0.15, -0.1) is 0 Å². The van der Waals surface area contributed by atoms with Crippen molar-refractivity contribution in [2.45, 2.75) is 32.4 Å². The number of nitrogens with zero attached hydrogens (tertiary/aromatic N) is 2. The van der Waals surface area contributed by atoms with Gasteiger partial charge in [-0.2, -0.15) is 0 Å². The van der Waals surface area contributed by atoms with Gasteiger partial charge in [0.25, 0.3) is 0 Å². The Kier molecular flexibility index (Phi) is 4.65. The number of ether oxygens (including phenoxy) is 2. The molecule has 2 rings (SSSR count). The van der Waals surface area contributed by atoms with Crippen molar-refractivity contribution in [2.75, 3.05) is 19.8 Å². The van der Waals surface area contributed by atoms with Crippen molar-refractivity contribution >= 4 is 22.0 Å². The van der Waals surface area contributed by atoms with E-state index in [4.69, 9.17) is 9.47 Å². The molecule has 6 heteroatoms. The molecule has 0 aliphatic carbocycles. The highest BCUT2D eigenvalue weighted by Crippen LogP contribution is 2.26. The van der Waals surface area contributed by atoms with Crippen LogP contribution in [0.25, 0.3) is 0 Å². The molecule has 0 saturated carbocycles. The third-order valence-electron chi connectivity index (χ3n) is 2.89. The van der Waals surface area contributed by atoms with Crippen LogP contribution in [-0.4, -0.2) is 41.3 Å². The first kappa shape index (κ1) is 15.3.